The van der Waals surface area contributed by atoms with E-state index >= 15 is 0 Å². The number of rotatable bonds is 4. The Morgan fingerprint density at radius 2 is 1.12 bits per heavy atom. The number of aromatic nitrogens is 3. The molecule has 0 fully saturated rings. The van der Waals surface area contributed by atoms with Gasteiger partial charge in [0, 0.05) is 27.5 Å². The van der Waals surface area contributed by atoms with Crippen LogP contribution in [0.1, 0.15) is 0 Å². The summed E-state index contributed by atoms with van der Waals surface area (Å²) >= 11 is 0. The van der Waals surface area contributed by atoms with Crippen LogP contribution in [0.5, 0.6) is 0 Å². The number of oxazole rings is 1. The minimum absolute atomic E-state index is 0.634. The van der Waals surface area contributed by atoms with Crippen molar-refractivity contribution in [3.05, 3.63) is 140 Å². The van der Waals surface area contributed by atoms with Crippen molar-refractivity contribution in [1.82, 2.24) is 15.0 Å². The van der Waals surface area contributed by atoms with E-state index in [9.17, 15) is 0 Å². The van der Waals surface area contributed by atoms with Crippen molar-refractivity contribution in [2.45, 2.75) is 0 Å². The molecule has 0 unspecified atom stereocenters. The predicted molar refractivity (Wildman–Crippen MR) is 166 cm³/mol. The number of hydrogen-bond acceptors (Lipinski definition) is 4. The Morgan fingerprint density at radius 1 is 0.415 bits per heavy atom. The Hall–Kier alpha value is -5.61. The zero-order valence-corrected chi connectivity index (χ0v) is 22.0. The lowest BCUT2D eigenvalue weighted by atomic mass is 9.99. The Bertz CT molecular complexity index is 2200. The van der Waals surface area contributed by atoms with Gasteiger partial charge in [0.2, 0.25) is 5.89 Å². The number of para-hydroxylation sites is 1. The Labute approximate surface area is 236 Å². The van der Waals surface area contributed by atoms with Crippen LogP contribution in [-0.2, 0) is 0 Å². The molecular weight excluding hydrogens is 502 g/mol. The fraction of sp³-hybridized carbons (Fsp3) is 0. The van der Waals surface area contributed by atoms with Crippen molar-refractivity contribution in [3.8, 4) is 45.2 Å². The minimum atomic E-state index is 0.634. The van der Waals surface area contributed by atoms with E-state index in [0.717, 1.165) is 66.3 Å². The SMILES string of the molecule is c1ccc(-c2nc3ccc4cc(-c5cccc(-c6nc(-c7ccccc7)c7ccccc7n6)c5)ccc4c3o2)cc1. The van der Waals surface area contributed by atoms with Crippen LogP contribution in [0.3, 0.4) is 0 Å². The molecule has 8 rings (SSSR count). The summed E-state index contributed by atoms with van der Waals surface area (Å²) in [4.78, 5) is 14.7. The molecule has 2 aromatic heterocycles. The van der Waals surface area contributed by atoms with Gasteiger partial charge < -0.3 is 4.42 Å². The molecule has 0 amide bonds. The smallest absolute Gasteiger partial charge is 0.227 e. The second-order valence-electron chi connectivity index (χ2n) is 10.1. The van der Waals surface area contributed by atoms with Crippen molar-refractivity contribution in [1.29, 1.82) is 0 Å². The summed E-state index contributed by atoms with van der Waals surface area (Å²) in [6.07, 6.45) is 0. The summed E-state index contributed by atoms with van der Waals surface area (Å²) in [6.45, 7) is 0. The van der Waals surface area contributed by atoms with Crippen LogP contribution in [0.25, 0.3) is 78.0 Å². The maximum absolute atomic E-state index is 6.25. The van der Waals surface area contributed by atoms with E-state index in [-0.39, 0.29) is 0 Å². The molecule has 8 aromatic rings. The largest absolute Gasteiger partial charge is 0.435 e. The molecule has 41 heavy (non-hydrogen) atoms. The number of benzene rings is 6. The topological polar surface area (TPSA) is 51.8 Å². The molecule has 4 nitrogen and oxygen atoms in total. The summed E-state index contributed by atoms with van der Waals surface area (Å²) in [5, 5.41) is 3.19. The molecule has 0 radical (unpaired) electrons. The third kappa shape index (κ3) is 4.14. The molecule has 0 saturated heterocycles. The summed E-state index contributed by atoms with van der Waals surface area (Å²) < 4.78 is 6.25. The lowest BCUT2D eigenvalue weighted by Crippen LogP contribution is -1.95. The molecule has 0 atom stereocenters. The second-order valence-corrected chi connectivity index (χ2v) is 10.1. The number of nitrogens with zero attached hydrogens (tertiary/aromatic N) is 3. The van der Waals surface area contributed by atoms with Crippen LogP contribution in [0.2, 0.25) is 0 Å². The first kappa shape index (κ1) is 23.3. The first-order chi connectivity index (χ1) is 20.3. The van der Waals surface area contributed by atoms with E-state index in [0.29, 0.717) is 11.7 Å². The quantitative estimate of drug-likeness (QED) is 0.230. The van der Waals surface area contributed by atoms with Gasteiger partial charge in [-0.2, -0.15) is 0 Å². The van der Waals surface area contributed by atoms with Crippen LogP contribution in [0.4, 0.5) is 0 Å². The summed E-state index contributed by atoms with van der Waals surface area (Å²) in [7, 11) is 0. The van der Waals surface area contributed by atoms with Crippen LogP contribution < -0.4 is 0 Å². The van der Waals surface area contributed by atoms with Crippen LogP contribution in [0.15, 0.2) is 144 Å². The van der Waals surface area contributed by atoms with Gasteiger partial charge >= 0.3 is 0 Å². The van der Waals surface area contributed by atoms with E-state index in [1.165, 1.54) is 0 Å². The maximum Gasteiger partial charge on any atom is 0.227 e. The Morgan fingerprint density at radius 3 is 1.98 bits per heavy atom. The van der Waals surface area contributed by atoms with Gasteiger partial charge in [-0.25, -0.2) is 15.0 Å². The van der Waals surface area contributed by atoms with Gasteiger partial charge in [0.25, 0.3) is 0 Å². The number of hydrogen-bond donors (Lipinski definition) is 0. The minimum Gasteiger partial charge on any atom is -0.435 e. The van der Waals surface area contributed by atoms with E-state index in [1.54, 1.807) is 0 Å². The van der Waals surface area contributed by atoms with Crippen LogP contribution >= 0.6 is 0 Å². The van der Waals surface area contributed by atoms with Crippen molar-refractivity contribution in [2.75, 3.05) is 0 Å². The molecule has 0 spiro atoms. The first-order valence-electron chi connectivity index (χ1n) is 13.6. The third-order valence-electron chi connectivity index (χ3n) is 7.50. The molecule has 0 saturated carbocycles. The molecule has 2 heterocycles. The molecule has 0 bridgehead atoms. The molecule has 4 heteroatoms. The standard InChI is InChI=1S/C37H23N3O/c1-3-10-24(11-4-1)34-31-16-7-8-17-32(31)38-36(40-34)29-15-9-14-26(23-29)27-18-20-30-28(22-27)19-21-33-35(30)41-37(39-33)25-12-5-2-6-13-25/h1-23H. The first-order valence-corrected chi connectivity index (χ1v) is 13.6. The second kappa shape index (κ2) is 9.54. The lowest BCUT2D eigenvalue weighted by Gasteiger charge is -2.11. The monoisotopic (exact) mass is 525 g/mol. The van der Waals surface area contributed by atoms with E-state index in [2.05, 4.69) is 66.7 Å². The van der Waals surface area contributed by atoms with Gasteiger partial charge in [-0.1, -0.05) is 97.1 Å². The fourth-order valence-electron chi connectivity index (χ4n) is 5.46. The maximum atomic E-state index is 6.25. The van der Waals surface area contributed by atoms with Gasteiger partial charge in [-0.15, -0.1) is 0 Å². The molecule has 192 valence electrons. The highest BCUT2D eigenvalue weighted by molar-refractivity contribution is 6.05. The van der Waals surface area contributed by atoms with Crippen molar-refractivity contribution >= 4 is 32.8 Å². The Balaban J connectivity index is 1.21. The highest BCUT2D eigenvalue weighted by atomic mass is 16.3. The summed E-state index contributed by atoms with van der Waals surface area (Å²) in [6, 6.07) is 47.6. The summed E-state index contributed by atoms with van der Waals surface area (Å²) in [5.74, 6) is 1.34. The highest BCUT2D eigenvalue weighted by Gasteiger charge is 2.14. The molecule has 0 N–H and O–H groups in total. The lowest BCUT2D eigenvalue weighted by molar-refractivity contribution is 0.623. The molecular formula is C37H23N3O. The average molecular weight is 526 g/mol. The highest BCUT2D eigenvalue weighted by Crippen LogP contribution is 2.34. The summed E-state index contributed by atoms with van der Waals surface area (Å²) in [5.41, 5.74) is 8.77. The van der Waals surface area contributed by atoms with Crippen LogP contribution in [0, 0.1) is 0 Å². The van der Waals surface area contributed by atoms with Gasteiger partial charge in [-0.3, -0.25) is 0 Å². The molecule has 0 aliphatic carbocycles. The van der Waals surface area contributed by atoms with Gasteiger partial charge in [0.1, 0.15) is 5.52 Å². The van der Waals surface area contributed by atoms with E-state index in [1.807, 2.05) is 72.8 Å². The molecule has 0 aliphatic rings. The van der Waals surface area contributed by atoms with Crippen molar-refractivity contribution < 1.29 is 4.42 Å². The van der Waals surface area contributed by atoms with Gasteiger partial charge in [0.15, 0.2) is 11.4 Å². The van der Waals surface area contributed by atoms with Gasteiger partial charge in [-0.05, 0) is 59.0 Å². The van der Waals surface area contributed by atoms with E-state index in [4.69, 9.17) is 19.4 Å². The zero-order valence-electron chi connectivity index (χ0n) is 22.0. The van der Waals surface area contributed by atoms with E-state index < -0.39 is 0 Å². The van der Waals surface area contributed by atoms with Crippen molar-refractivity contribution in [3.63, 3.8) is 0 Å². The van der Waals surface area contributed by atoms with Crippen molar-refractivity contribution in [2.24, 2.45) is 0 Å². The normalized spacial score (nSPS) is 11.4. The predicted octanol–water partition coefficient (Wildman–Crippen LogP) is 9.59. The molecule has 0 aliphatic heterocycles. The zero-order chi connectivity index (χ0) is 27.2. The van der Waals surface area contributed by atoms with Gasteiger partial charge in [0.05, 0.1) is 11.2 Å². The average Bonchev–Trinajstić information content (AvgIpc) is 3.50. The number of fused-ring (bicyclic) bond motifs is 4. The fourth-order valence-corrected chi connectivity index (χ4v) is 5.46. The third-order valence-corrected chi connectivity index (χ3v) is 7.50. The van der Waals surface area contributed by atoms with Crippen LogP contribution in [-0.4, -0.2) is 15.0 Å². The Kier molecular flexibility index (Phi) is 5.42. The molecule has 6 aromatic carbocycles.